The first-order valence-corrected chi connectivity index (χ1v) is 10.2. The maximum Gasteiger partial charge on any atom is 0.234 e. The molecule has 0 spiro atoms. The molecule has 1 fully saturated rings. The van der Waals surface area contributed by atoms with E-state index in [0.29, 0.717) is 13.1 Å². The first-order chi connectivity index (χ1) is 13.7. The number of carbonyl (C=O) groups is 1. The maximum atomic E-state index is 12.4. The number of anilines is 1. The lowest BCUT2D eigenvalue weighted by atomic mass is 10.2. The third-order valence-electron chi connectivity index (χ3n) is 5.52. The molecular weight excluding hydrogens is 423 g/mol. The van der Waals surface area contributed by atoms with Crippen LogP contribution < -0.4 is 15.5 Å². The zero-order chi connectivity index (χ0) is 19.3. The minimum atomic E-state index is 0. The number of aryl methyl sites for hydroxylation is 2. The van der Waals surface area contributed by atoms with Gasteiger partial charge in [0.1, 0.15) is 0 Å². The molecule has 0 atom stereocenters. The predicted molar refractivity (Wildman–Crippen MR) is 125 cm³/mol. The molecule has 0 unspecified atom stereocenters. The molecule has 1 aromatic carbocycles. The van der Waals surface area contributed by atoms with Crippen molar-refractivity contribution in [1.29, 1.82) is 0 Å². The average molecular weight is 455 g/mol. The summed E-state index contributed by atoms with van der Waals surface area (Å²) in [5, 5.41) is 11.0. The van der Waals surface area contributed by atoms with Crippen molar-refractivity contribution in [2.75, 3.05) is 44.2 Å². The van der Waals surface area contributed by atoms with Gasteiger partial charge in [-0.3, -0.25) is 14.4 Å². The molecule has 2 aliphatic heterocycles. The Morgan fingerprint density at radius 3 is 2.70 bits per heavy atom. The van der Waals surface area contributed by atoms with Crippen molar-refractivity contribution in [2.24, 2.45) is 0 Å². The van der Waals surface area contributed by atoms with E-state index in [1.54, 1.807) is 0 Å². The molecule has 7 nitrogen and oxygen atoms in total. The molecule has 1 aromatic heterocycles. The molecule has 0 radical (unpaired) electrons. The van der Waals surface area contributed by atoms with Gasteiger partial charge in [-0.05, 0) is 43.7 Å². The Kier molecular flexibility index (Phi) is 9.42. The number of fused-ring (bicyclic) bond motifs is 1. The number of benzene rings is 1. The van der Waals surface area contributed by atoms with Gasteiger partial charge >= 0.3 is 0 Å². The van der Waals surface area contributed by atoms with E-state index in [0.717, 1.165) is 57.9 Å². The summed E-state index contributed by atoms with van der Waals surface area (Å²) < 4.78 is 2.06. The lowest BCUT2D eigenvalue weighted by Crippen LogP contribution is -2.49. The SMILES string of the molecule is Cc1cccc(N2CCN(CC(=O)NCc3cc4n(n3)CCCNC4)CC2)c1.Cl.Cl. The number of hydrogen-bond acceptors (Lipinski definition) is 5. The fraction of sp³-hybridized carbons (Fsp3) is 0.524. The third kappa shape index (κ3) is 6.35. The van der Waals surface area contributed by atoms with Crippen molar-refractivity contribution in [3.8, 4) is 0 Å². The van der Waals surface area contributed by atoms with Gasteiger partial charge in [-0.15, -0.1) is 24.8 Å². The van der Waals surface area contributed by atoms with Crippen LogP contribution in [0, 0.1) is 6.92 Å². The molecule has 0 bridgehead atoms. The van der Waals surface area contributed by atoms with E-state index in [2.05, 4.69) is 67.5 Å². The molecule has 2 N–H and O–H groups in total. The van der Waals surface area contributed by atoms with Crippen LogP contribution in [0.1, 0.15) is 23.4 Å². The zero-order valence-corrected chi connectivity index (χ0v) is 19.1. The predicted octanol–water partition coefficient (Wildman–Crippen LogP) is 1.97. The lowest BCUT2D eigenvalue weighted by Gasteiger charge is -2.35. The fourth-order valence-corrected chi connectivity index (χ4v) is 3.94. The van der Waals surface area contributed by atoms with Crippen molar-refractivity contribution in [3.05, 3.63) is 47.3 Å². The van der Waals surface area contributed by atoms with Gasteiger partial charge in [0.25, 0.3) is 0 Å². The number of carbonyl (C=O) groups excluding carboxylic acids is 1. The molecule has 2 aromatic rings. The van der Waals surface area contributed by atoms with Gasteiger partial charge in [0.15, 0.2) is 0 Å². The van der Waals surface area contributed by atoms with Gasteiger partial charge in [0.2, 0.25) is 5.91 Å². The van der Waals surface area contributed by atoms with Crippen LogP contribution in [0.4, 0.5) is 5.69 Å². The van der Waals surface area contributed by atoms with Crippen molar-refractivity contribution < 1.29 is 4.79 Å². The van der Waals surface area contributed by atoms with Gasteiger partial charge in [0, 0.05) is 45.0 Å². The molecule has 1 amide bonds. The Balaban J connectivity index is 0.00000160. The van der Waals surface area contributed by atoms with E-state index in [9.17, 15) is 4.79 Å². The smallest absolute Gasteiger partial charge is 0.234 e. The van der Waals surface area contributed by atoms with Gasteiger partial charge in [0.05, 0.1) is 24.5 Å². The number of piperazine rings is 1. The van der Waals surface area contributed by atoms with Crippen molar-refractivity contribution in [1.82, 2.24) is 25.3 Å². The van der Waals surface area contributed by atoms with E-state index in [1.807, 2.05) is 0 Å². The topological polar surface area (TPSA) is 65.4 Å². The van der Waals surface area contributed by atoms with E-state index < -0.39 is 0 Å². The summed E-state index contributed by atoms with van der Waals surface area (Å²) in [6.45, 7) is 9.64. The van der Waals surface area contributed by atoms with Crippen LogP contribution in [0.25, 0.3) is 0 Å². The lowest BCUT2D eigenvalue weighted by molar-refractivity contribution is -0.122. The van der Waals surface area contributed by atoms with Crippen LogP contribution in [0.3, 0.4) is 0 Å². The minimum absolute atomic E-state index is 0. The fourth-order valence-electron chi connectivity index (χ4n) is 3.94. The summed E-state index contributed by atoms with van der Waals surface area (Å²) in [5.41, 5.74) is 4.70. The first kappa shape index (κ1) is 24.5. The van der Waals surface area contributed by atoms with Crippen LogP contribution in [-0.4, -0.2) is 59.9 Å². The minimum Gasteiger partial charge on any atom is -0.369 e. The number of halogens is 2. The highest BCUT2D eigenvalue weighted by atomic mass is 35.5. The Hall–Kier alpha value is -1.80. The normalized spacial score (nSPS) is 16.6. The summed E-state index contributed by atoms with van der Waals surface area (Å²) in [6.07, 6.45) is 1.09. The van der Waals surface area contributed by atoms with Crippen molar-refractivity contribution in [2.45, 2.75) is 33.0 Å². The third-order valence-corrected chi connectivity index (χ3v) is 5.52. The second kappa shape index (κ2) is 11.6. The zero-order valence-electron chi connectivity index (χ0n) is 17.5. The summed E-state index contributed by atoms with van der Waals surface area (Å²) >= 11 is 0. The molecule has 4 rings (SSSR count). The second-order valence-corrected chi connectivity index (χ2v) is 7.76. The molecule has 2 aliphatic rings. The standard InChI is InChI=1S/C21H30N6O.2ClH/c1-17-4-2-5-19(12-17)26-10-8-25(9-11-26)16-21(28)23-14-18-13-20-15-22-6-3-7-27(20)24-18;;/h2,4-5,12-13,22H,3,6-11,14-16H2,1H3,(H,23,28);2*1H. The van der Waals surface area contributed by atoms with Crippen LogP contribution in [-0.2, 0) is 24.4 Å². The number of nitrogens with one attached hydrogen (secondary N) is 2. The van der Waals surface area contributed by atoms with Crippen LogP contribution in [0.15, 0.2) is 30.3 Å². The molecule has 3 heterocycles. The molecule has 0 aliphatic carbocycles. The highest BCUT2D eigenvalue weighted by Crippen LogP contribution is 2.17. The summed E-state index contributed by atoms with van der Waals surface area (Å²) in [6, 6.07) is 10.7. The molecule has 1 saturated heterocycles. The van der Waals surface area contributed by atoms with Crippen molar-refractivity contribution in [3.63, 3.8) is 0 Å². The second-order valence-electron chi connectivity index (χ2n) is 7.76. The van der Waals surface area contributed by atoms with Crippen molar-refractivity contribution >= 4 is 36.4 Å². The Morgan fingerprint density at radius 1 is 1.13 bits per heavy atom. The molecule has 0 saturated carbocycles. The summed E-state index contributed by atoms with van der Waals surface area (Å²) in [5.74, 6) is 0.0744. The highest BCUT2D eigenvalue weighted by molar-refractivity contribution is 5.85. The number of amides is 1. The van der Waals surface area contributed by atoms with E-state index in [-0.39, 0.29) is 30.7 Å². The number of hydrogen-bond donors (Lipinski definition) is 2. The summed E-state index contributed by atoms with van der Waals surface area (Å²) in [4.78, 5) is 17.0. The maximum absolute atomic E-state index is 12.4. The van der Waals surface area contributed by atoms with Crippen LogP contribution >= 0.6 is 24.8 Å². The quantitative estimate of drug-likeness (QED) is 0.722. The van der Waals surface area contributed by atoms with Crippen LogP contribution in [0.5, 0.6) is 0 Å². The number of rotatable bonds is 5. The molecule has 30 heavy (non-hydrogen) atoms. The molecular formula is C21H32Cl2N6O. The van der Waals surface area contributed by atoms with E-state index in [1.165, 1.54) is 16.9 Å². The largest absolute Gasteiger partial charge is 0.369 e. The Morgan fingerprint density at radius 2 is 1.93 bits per heavy atom. The molecule has 9 heteroatoms. The van der Waals surface area contributed by atoms with Gasteiger partial charge in [-0.2, -0.15) is 5.10 Å². The van der Waals surface area contributed by atoms with Crippen LogP contribution in [0.2, 0.25) is 0 Å². The number of aromatic nitrogens is 2. The Labute approximate surface area is 191 Å². The highest BCUT2D eigenvalue weighted by Gasteiger charge is 2.19. The van der Waals surface area contributed by atoms with Gasteiger partial charge in [-0.1, -0.05) is 12.1 Å². The first-order valence-electron chi connectivity index (χ1n) is 10.2. The van der Waals surface area contributed by atoms with Gasteiger partial charge < -0.3 is 15.5 Å². The Bertz CT molecular complexity index is 796. The average Bonchev–Trinajstić information content (AvgIpc) is 2.96. The van der Waals surface area contributed by atoms with E-state index >= 15 is 0 Å². The molecule has 166 valence electrons. The van der Waals surface area contributed by atoms with Gasteiger partial charge in [-0.25, -0.2) is 0 Å². The number of nitrogens with zero attached hydrogens (tertiary/aromatic N) is 4. The van der Waals surface area contributed by atoms with E-state index in [4.69, 9.17) is 0 Å². The monoisotopic (exact) mass is 454 g/mol. The summed E-state index contributed by atoms with van der Waals surface area (Å²) in [7, 11) is 0.